The fourth-order valence-corrected chi connectivity index (χ4v) is 2.40. The Labute approximate surface area is 74.0 Å². The second-order valence-corrected chi connectivity index (χ2v) is 4.21. The van der Waals surface area contributed by atoms with Gasteiger partial charge in [-0.25, -0.2) is 5.26 Å². The Hall–Kier alpha value is -0.485. The maximum absolute atomic E-state index is 8.74. The van der Waals surface area contributed by atoms with Crippen molar-refractivity contribution < 1.29 is 4.74 Å². The minimum Gasteiger partial charge on any atom is -0.381 e. The summed E-state index contributed by atoms with van der Waals surface area (Å²) in [5.41, 5.74) is 0.480. The summed E-state index contributed by atoms with van der Waals surface area (Å²) in [6, 6.07) is 0. The standard InChI is InChI=1S/C9H14BNO/c11-8-10-4-1-9(2-5-10)3-6-12-7-9/h1-7H2. The topological polar surface area (TPSA) is 33.0 Å². The maximum atomic E-state index is 8.74. The van der Waals surface area contributed by atoms with Gasteiger partial charge in [0.05, 0.1) is 6.61 Å². The second kappa shape index (κ2) is 3.10. The lowest BCUT2D eigenvalue weighted by Gasteiger charge is -2.32. The monoisotopic (exact) mass is 163 g/mol. The van der Waals surface area contributed by atoms with Gasteiger partial charge in [-0.2, -0.15) is 0 Å². The summed E-state index contributed by atoms with van der Waals surface area (Å²) in [5, 5.41) is 8.74. The van der Waals surface area contributed by atoms with Crippen LogP contribution in [0.2, 0.25) is 12.6 Å². The Kier molecular flexibility index (Phi) is 2.10. The maximum Gasteiger partial charge on any atom is 0.267 e. The molecule has 64 valence electrons. The van der Waals surface area contributed by atoms with Crippen LogP contribution in [-0.4, -0.2) is 19.9 Å². The molecule has 0 N–H and O–H groups in total. The summed E-state index contributed by atoms with van der Waals surface area (Å²) < 4.78 is 5.42. The molecule has 2 heterocycles. The van der Waals surface area contributed by atoms with E-state index in [1.54, 1.807) is 0 Å². The molecule has 2 aliphatic rings. The van der Waals surface area contributed by atoms with Crippen LogP contribution in [0.25, 0.3) is 0 Å². The molecular weight excluding hydrogens is 149 g/mol. The van der Waals surface area contributed by atoms with Crippen LogP contribution in [0.1, 0.15) is 19.3 Å². The summed E-state index contributed by atoms with van der Waals surface area (Å²) in [4.78, 5) is 0. The summed E-state index contributed by atoms with van der Waals surface area (Å²) in [6.45, 7) is 2.22. The van der Waals surface area contributed by atoms with E-state index in [2.05, 4.69) is 5.97 Å². The second-order valence-electron chi connectivity index (χ2n) is 4.21. The zero-order chi connectivity index (χ0) is 8.44. The molecule has 1 spiro atoms. The molecule has 3 heteroatoms. The summed E-state index contributed by atoms with van der Waals surface area (Å²) in [6.07, 6.45) is 5.85. The number of nitrogens with zero attached hydrogens (tertiary/aromatic N) is 1. The fraction of sp³-hybridized carbons (Fsp3) is 0.889. The number of rotatable bonds is 0. The van der Waals surface area contributed by atoms with Gasteiger partial charge < -0.3 is 4.74 Å². The van der Waals surface area contributed by atoms with Crippen LogP contribution < -0.4 is 0 Å². The smallest absolute Gasteiger partial charge is 0.267 e. The van der Waals surface area contributed by atoms with Gasteiger partial charge >= 0.3 is 0 Å². The molecule has 0 bridgehead atoms. The molecule has 0 aromatic carbocycles. The Morgan fingerprint density at radius 2 is 2.00 bits per heavy atom. The molecular formula is C9H14BNO. The third kappa shape index (κ3) is 1.36. The van der Waals surface area contributed by atoms with E-state index in [9.17, 15) is 0 Å². The molecule has 0 radical (unpaired) electrons. The van der Waals surface area contributed by atoms with Crippen LogP contribution in [0, 0.1) is 16.6 Å². The summed E-state index contributed by atoms with van der Waals surface area (Å²) in [5.74, 6) is 2.37. The molecule has 0 saturated carbocycles. The molecule has 0 unspecified atom stereocenters. The van der Waals surface area contributed by atoms with E-state index in [0.717, 1.165) is 25.9 Å². The highest BCUT2D eigenvalue weighted by Gasteiger charge is 2.39. The van der Waals surface area contributed by atoms with Crippen molar-refractivity contribution in [2.45, 2.75) is 31.9 Å². The van der Waals surface area contributed by atoms with E-state index in [0.29, 0.717) is 12.1 Å². The van der Waals surface area contributed by atoms with Crippen molar-refractivity contribution in [2.75, 3.05) is 13.2 Å². The largest absolute Gasteiger partial charge is 0.381 e. The highest BCUT2D eigenvalue weighted by atomic mass is 16.5. The third-order valence-electron chi connectivity index (χ3n) is 3.41. The molecule has 2 nitrogen and oxygen atoms in total. The number of ether oxygens (including phenoxy) is 1. The summed E-state index contributed by atoms with van der Waals surface area (Å²) >= 11 is 0. The van der Waals surface area contributed by atoms with Gasteiger partial charge in [0.15, 0.2) is 0 Å². The van der Waals surface area contributed by atoms with Gasteiger partial charge in [0.1, 0.15) is 0 Å². The minimum atomic E-state index is 0.330. The molecule has 2 rings (SSSR count). The van der Waals surface area contributed by atoms with Gasteiger partial charge in [0, 0.05) is 12.6 Å². The molecule has 0 atom stereocenters. The first-order valence-corrected chi connectivity index (χ1v) is 4.82. The Morgan fingerprint density at radius 3 is 2.50 bits per heavy atom. The highest BCUT2D eigenvalue weighted by molar-refractivity contribution is 6.67. The van der Waals surface area contributed by atoms with Crippen molar-refractivity contribution in [3.63, 3.8) is 0 Å². The van der Waals surface area contributed by atoms with Gasteiger partial charge in [-0.1, -0.05) is 25.5 Å². The zero-order valence-electron chi connectivity index (χ0n) is 7.38. The molecule has 2 saturated heterocycles. The lowest BCUT2D eigenvalue weighted by Crippen LogP contribution is -2.30. The first-order valence-electron chi connectivity index (χ1n) is 4.82. The van der Waals surface area contributed by atoms with E-state index >= 15 is 0 Å². The molecule has 0 aromatic heterocycles. The molecule has 0 amide bonds. The molecule has 2 fully saturated rings. The van der Waals surface area contributed by atoms with Crippen molar-refractivity contribution in [1.82, 2.24) is 0 Å². The molecule has 2 aliphatic heterocycles. The average molecular weight is 163 g/mol. The Morgan fingerprint density at radius 1 is 1.25 bits per heavy atom. The number of hydrogen-bond acceptors (Lipinski definition) is 2. The van der Waals surface area contributed by atoms with Gasteiger partial charge in [-0.3, -0.25) is 0 Å². The number of hydrogen-bond donors (Lipinski definition) is 0. The van der Waals surface area contributed by atoms with E-state index in [1.807, 2.05) is 0 Å². The van der Waals surface area contributed by atoms with Crippen molar-refractivity contribution in [3.8, 4) is 5.97 Å². The Bertz CT molecular complexity index is 195. The van der Waals surface area contributed by atoms with Gasteiger partial charge in [-0.15, -0.1) is 0 Å². The first-order chi connectivity index (χ1) is 5.85. The van der Waals surface area contributed by atoms with E-state index in [1.165, 1.54) is 19.3 Å². The lowest BCUT2D eigenvalue weighted by molar-refractivity contribution is 0.143. The van der Waals surface area contributed by atoms with E-state index in [-0.39, 0.29) is 0 Å². The van der Waals surface area contributed by atoms with E-state index < -0.39 is 0 Å². The molecule has 0 aromatic rings. The van der Waals surface area contributed by atoms with Crippen molar-refractivity contribution in [1.29, 1.82) is 5.26 Å². The highest BCUT2D eigenvalue weighted by Crippen LogP contribution is 2.42. The quantitative estimate of drug-likeness (QED) is 0.509. The normalized spacial score (nSPS) is 27.4. The van der Waals surface area contributed by atoms with Gasteiger partial charge in [-0.05, 0) is 11.8 Å². The number of nitriles is 1. The fourth-order valence-electron chi connectivity index (χ4n) is 2.40. The van der Waals surface area contributed by atoms with Crippen LogP contribution in [0.5, 0.6) is 0 Å². The van der Waals surface area contributed by atoms with Gasteiger partial charge in [0.2, 0.25) is 0 Å². The van der Waals surface area contributed by atoms with Gasteiger partial charge in [0.25, 0.3) is 6.71 Å². The summed E-state index contributed by atoms with van der Waals surface area (Å²) in [7, 11) is 0. The SMILES string of the molecule is N#CB1CCC2(CCOC2)CC1. The first kappa shape index (κ1) is 8.13. The van der Waals surface area contributed by atoms with Crippen LogP contribution in [-0.2, 0) is 4.74 Å². The van der Waals surface area contributed by atoms with Crippen LogP contribution >= 0.6 is 0 Å². The van der Waals surface area contributed by atoms with Crippen molar-refractivity contribution in [2.24, 2.45) is 5.41 Å². The lowest BCUT2D eigenvalue weighted by atomic mass is 9.39. The van der Waals surface area contributed by atoms with Crippen LogP contribution in [0.15, 0.2) is 0 Å². The van der Waals surface area contributed by atoms with Crippen molar-refractivity contribution in [3.05, 3.63) is 0 Å². The van der Waals surface area contributed by atoms with Crippen LogP contribution in [0.3, 0.4) is 0 Å². The zero-order valence-corrected chi connectivity index (χ0v) is 7.38. The van der Waals surface area contributed by atoms with Crippen molar-refractivity contribution >= 4 is 6.71 Å². The predicted octanol–water partition coefficient (Wildman–Crippen LogP) is 1.74. The predicted molar refractivity (Wildman–Crippen MR) is 48.1 cm³/mol. The third-order valence-corrected chi connectivity index (χ3v) is 3.41. The van der Waals surface area contributed by atoms with Crippen LogP contribution in [0.4, 0.5) is 0 Å². The average Bonchev–Trinajstić information content (AvgIpc) is 2.55. The minimum absolute atomic E-state index is 0.330. The molecule has 12 heavy (non-hydrogen) atoms. The van der Waals surface area contributed by atoms with E-state index in [4.69, 9.17) is 10.00 Å². The Balaban J connectivity index is 1.93. The molecule has 0 aliphatic carbocycles.